The summed E-state index contributed by atoms with van der Waals surface area (Å²) in [5.74, 6) is 0.331. The van der Waals surface area contributed by atoms with E-state index in [2.05, 4.69) is 56.2 Å². The Morgan fingerprint density at radius 2 is 1.86 bits per heavy atom. The molecule has 1 unspecified atom stereocenters. The van der Waals surface area contributed by atoms with Gasteiger partial charge in [0.2, 0.25) is 0 Å². The van der Waals surface area contributed by atoms with Crippen molar-refractivity contribution in [3.63, 3.8) is 0 Å². The molecular weight excluding hydrogens is 278 g/mol. The van der Waals surface area contributed by atoms with Gasteiger partial charge in [0.05, 0.1) is 5.54 Å². The number of thiophene rings is 1. The minimum Gasteiger partial charge on any atom is -0.297 e. The van der Waals surface area contributed by atoms with Gasteiger partial charge >= 0.3 is 0 Å². The number of rotatable bonds is 7. The lowest BCUT2D eigenvalue weighted by atomic mass is 9.87. The third-order valence-electron chi connectivity index (χ3n) is 4.66. The molecule has 1 heterocycles. The highest BCUT2D eigenvalue weighted by Gasteiger charge is 2.35. The van der Waals surface area contributed by atoms with E-state index in [1.807, 2.05) is 6.07 Å². The normalized spacial score (nSPS) is 14.5. The molecule has 114 valence electrons. The van der Waals surface area contributed by atoms with Crippen molar-refractivity contribution < 1.29 is 4.79 Å². The lowest BCUT2D eigenvalue weighted by Crippen LogP contribution is -2.52. The van der Waals surface area contributed by atoms with Crippen molar-refractivity contribution in [2.24, 2.45) is 0 Å². The third kappa shape index (κ3) is 3.04. The number of fused-ring (bicyclic) bond motifs is 1. The van der Waals surface area contributed by atoms with E-state index in [-0.39, 0.29) is 5.54 Å². The van der Waals surface area contributed by atoms with E-state index in [9.17, 15) is 4.79 Å². The molecule has 21 heavy (non-hydrogen) atoms. The number of hydrogen-bond donors (Lipinski definition) is 0. The predicted molar refractivity (Wildman–Crippen MR) is 92.2 cm³/mol. The van der Waals surface area contributed by atoms with Gasteiger partial charge in [0.1, 0.15) is 0 Å². The summed E-state index contributed by atoms with van der Waals surface area (Å²) in [6.07, 6.45) is 1.39. The molecule has 0 amide bonds. The Kier molecular flexibility index (Phi) is 5.17. The molecule has 1 aromatic carbocycles. The number of carbonyl (C=O) groups excluding carboxylic acids is 1. The Morgan fingerprint density at radius 1 is 1.19 bits per heavy atom. The maximum Gasteiger partial charge on any atom is 0.157 e. The van der Waals surface area contributed by atoms with Crippen LogP contribution in [0.15, 0.2) is 29.6 Å². The standard InChI is InChI=1S/C18H25NOS/c1-5-18(4,19(6-2)7-3)17(20)12-14-13-21-16-11-9-8-10-15(14)16/h8-11,13H,5-7,12H2,1-4H3. The minimum absolute atomic E-state index is 0.331. The summed E-state index contributed by atoms with van der Waals surface area (Å²) in [6.45, 7) is 10.3. The zero-order chi connectivity index (χ0) is 15.5. The summed E-state index contributed by atoms with van der Waals surface area (Å²) in [4.78, 5) is 15.2. The lowest BCUT2D eigenvalue weighted by molar-refractivity contribution is -0.129. The molecule has 0 radical (unpaired) electrons. The summed E-state index contributed by atoms with van der Waals surface area (Å²) in [6, 6.07) is 8.34. The second kappa shape index (κ2) is 6.71. The van der Waals surface area contributed by atoms with Crippen molar-refractivity contribution in [3.8, 4) is 0 Å². The van der Waals surface area contributed by atoms with Crippen LogP contribution in [-0.2, 0) is 11.2 Å². The van der Waals surface area contributed by atoms with Crippen molar-refractivity contribution in [1.82, 2.24) is 4.90 Å². The smallest absolute Gasteiger partial charge is 0.157 e. The highest BCUT2D eigenvalue weighted by Crippen LogP contribution is 2.29. The average Bonchev–Trinajstić information content (AvgIpc) is 2.91. The molecule has 2 aromatic rings. The van der Waals surface area contributed by atoms with Gasteiger partial charge in [0.15, 0.2) is 5.78 Å². The van der Waals surface area contributed by atoms with Crippen molar-refractivity contribution in [2.75, 3.05) is 13.1 Å². The van der Waals surface area contributed by atoms with Gasteiger partial charge in [-0.3, -0.25) is 9.69 Å². The van der Waals surface area contributed by atoms with Crippen LogP contribution in [0.5, 0.6) is 0 Å². The Bertz CT molecular complexity index is 614. The van der Waals surface area contributed by atoms with E-state index in [0.29, 0.717) is 12.2 Å². The molecule has 0 aliphatic rings. The number of Topliss-reactive ketones (excluding diaryl/α,β-unsaturated/α-hetero) is 1. The summed E-state index contributed by atoms with van der Waals surface area (Å²) < 4.78 is 1.27. The third-order valence-corrected chi connectivity index (χ3v) is 5.68. The van der Waals surface area contributed by atoms with Crippen LogP contribution in [0.25, 0.3) is 10.1 Å². The molecule has 2 nitrogen and oxygen atoms in total. The van der Waals surface area contributed by atoms with Crippen LogP contribution in [0.1, 0.15) is 39.7 Å². The molecule has 0 aliphatic carbocycles. The van der Waals surface area contributed by atoms with E-state index in [1.54, 1.807) is 11.3 Å². The fourth-order valence-electron chi connectivity index (χ4n) is 3.05. The van der Waals surface area contributed by atoms with E-state index in [0.717, 1.165) is 19.5 Å². The van der Waals surface area contributed by atoms with Crippen molar-refractivity contribution in [2.45, 2.75) is 46.1 Å². The van der Waals surface area contributed by atoms with Gasteiger partial charge in [-0.2, -0.15) is 0 Å². The first-order chi connectivity index (χ1) is 10.1. The molecule has 1 atom stereocenters. The summed E-state index contributed by atoms with van der Waals surface area (Å²) in [7, 11) is 0. The maximum absolute atomic E-state index is 12.9. The molecule has 0 N–H and O–H groups in total. The quantitative estimate of drug-likeness (QED) is 0.749. The van der Waals surface area contributed by atoms with Crippen LogP contribution in [0.2, 0.25) is 0 Å². The molecule has 0 bridgehead atoms. The first-order valence-corrected chi connectivity index (χ1v) is 8.68. The molecule has 0 saturated carbocycles. The highest BCUT2D eigenvalue weighted by molar-refractivity contribution is 7.17. The maximum atomic E-state index is 12.9. The SMILES string of the molecule is CCN(CC)C(C)(CC)C(=O)Cc1csc2ccccc12. The van der Waals surface area contributed by atoms with Crippen LogP contribution < -0.4 is 0 Å². The van der Waals surface area contributed by atoms with E-state index in [4.69, 9.17) is 0 Å². The van der Waals surface area contributed by atoms with Gasteiger partial charge in [-0.1, -0.05) is 39.0 Å². The Morgan fingerprint density at radius 3 is 2.48 bits per heavy atom. The van der Waals surface area contributed by atoms with Gasteiger partial charge < -0.3 is 0 Å². The first kappa shape index (κ1) is 16.2. The fourth-order valence-corrected chi connectivity index (χ4v) is 4.01. The molecule has 0 spiro atoms. The first-order valence-electron chi connectivity index (χ1n) is 7.80. The van der Waals surface area contributed by atoms with Crippen LogP contribution in [0.4, 0.5) is 0 Å². The molecule has 1 aromatic heterocycles. The van der Waals surface area contributed by atoms with Crippen molar-refractivity contribution in [3.05, 3.63) is 35.2 Å². The predicted octanol–water partition coefficient (Wildman–Crippen LogP) is 4.52. The lowest BCUT2D eigenvalue weighted by Gasteiger charge is -2.38. The van der Waals surface area contributed by atoms with Gasteiger partial charge in [-0.15, -0.1) is 11.3 Å². The summed E-state index contributed by atoms with van der Waals surface area (Å²) in [5, 5.41) is 3.37. The minimum atomic E-state index is -0.355. The van der Waals surface area contributed by atoms with Gasteiger partial charge in [0, 0.05) is 11.1 Å². The Balaban J connectivity index is 2.27. The number of ketones is 1. The number of hydrogen-bond acceptors (Lipinski definition) is 3. The molecular formula is C18H25NOS. The molecule has 0 aliphatic heterocycles. The highest BCUT2D eigenvalue weighted by atomic mass is 32.1. The molecule has 2 rings (SSSR count). The second-order valence-electron chi connectivity index (χ2n) is 5.66. The monoisotopic (exact) mass is 303 g/mol. The van der Waals surface area contributed by atoms with Crippen LogP contribution in [0, 0.1) is 0 Å². The number of nitrogens with zero attached hydrogens (tertiary/aromatic N) is 1. The zero-order valence-corrected chi connectivity index (χ0v) is 14.3. The number of likely N-dealkylation sites (N-methyl/N-ethyl adjacent to an activating group) is 1. The summed E-state index contributed by atoms with van der Waals surface area (Å²) in [5.41, 5.74) is 0.819. The zero-order valence-electron chi connectivity index (χ0n) is 13.5. The summed E-state index contributed by atoms with van der Waals surface area (Å²) >= 11 is 1.73. The number of benzene rings is 1. The second-order valence-corrected chi connectivity index (χ2v) is 6.57. The van der Waals surface area contributed by atoms with Gasteiger partial charge in [-0.25, -0.2) is 0 Å². The van der Waals surface area contributed by atoms with Crippen molar-refractivity contribution >= 4 is 27.2 Å². The van der Waals surface area contributed by atoms with Crippen LogP contribution >= 0.6 is 11.3 Å². The largest absolute Gasteiger partial charge is 0.297 e. The molecule has 3 heteroatoms. The number of carbonyl (C=O) groups is 1. The average molecular weight is 303 g/mol. The molecule has 0 fully saturated rings. The van der Waals surface area contributed by atoms with Gasteiger partial charge in [0.25, 0.3) is 0 Å². The van der Waals surface area contributed by atoms with Crippen molar-refractivity contribution in [1.29, 1.82) is 0 Å². The van der Waals surface area contributed by atoms with Crippen LogP contribution in [0.3, 0.4) is 0 Å². The van der Waals surface area contributed by atoms with E-state index in [1.165, 1.54) is 15.6 Å². The van der Waals surface area contributed by atoms with E-state index >= 15 is 0 Å². The van der Waals surface area contributed by atoms with Gasteiger partial charge in [-0.05, 0) is 48.8 Å². The van der Waals surface area contributed by atoms with E-state index < -0.39 is 0 Å². The fraction of sp³-hybridized carbons (Fsp3) is 0.500. The Hall–Kier alpha value is -1.19. The molecule has 0 saturated heterocycles. The van der Waals surface area contributed by atoms with Crippen LogP contribution in [-0.4, -0.2) is 29.3 Å². The topological polar surface area (TPSA) is 20.3 Å². The Labute approximate surface area is 131 Å².